The topological polar surface area (TPSA) is 77.5 Å². The van der Waals surface area contributed by atoms with E-state index in [4.69, 9.17) is 9.47 Å². The summed E-state index contributed by atoms with van der Waals surface area (Å²) in [5.41, 5.74) is 0.801. The fourth-order valence-corrected chi connectivity index (χ4v) is 2.94. The van der Waals surface area contributed by atoms with E-state index in [1.165, 1.54) is 44.8 Å². The molecule has 2 aromatic rings. The zero-order chi connectivity index (χ0) is 20.5. The number of ether oxygens (including phenoxy) is 2. The molecule has 9 heteroatoms. The summed E-state index contributed by atoms with van der Waals surface area (Å²) >= 11 is 0. The van der Waals surface area contributed by atoms with Crippen LogP contribution in [-0.4, -0.2) is 37.1 Å². The average Bonchev–Trinajstić information content (AvgIpc) is 2.92. The van der Waals surface area contributed by atoms with E-state index < -0.39 is 23.9 Å². The Morgan fingerprint density at radius 2 is 1.89 bits per heavy atom. The van der Waals surface area contributed by atoms with Crippen LogP contribution in [0.5, 0.6) is 11.5 Å². The van der Waals surface area contributed by atoms with Crippen molar-refractivity contribution >= 4 is 17.8 Å². The Kier molecular flexibility index (Phi) is 5.08. The molecule has 0 bridgehead atoms. The summed E-state index contributed by atoms with van der Waals surface area (Å²) in [4.78, 5) is 28.4. The van der Waals surface area contributed by atoms with Gasteiger partial charge in [-0.15, -0.1) is 0 Å². The van der Waals surface area contributed by atoms with Crippen molar-refractivity contribution in [3.05, 3.63) is 58.9 Å². The van der Waals surface area contributed by atoms with Gasteiger partial charge in [-0.3, -0.25) is 14.6 Å². The van der Waals surface area contributed by atoms with Crippen molar-refractivity contribution in [2.24, 2.45) is 0 Å². The molecule has 0 saturated carbocycles. The van der Waals surface area contributed by atoms with Crippen LogP contribution in [0.2, 0.25) is 0 Å². The SMILES string of the molecule is COc1cc2c(cc1OC)C(NC(=O)C(F)(F)F)/C(=C\c1cccnc1)C2=O. The number of halogens is 3. The van der Waals surface area contributed by atoms with Gasteiger partial charge < -0.3 is 14.8 Å². The molecule has 0 spiro atoms. The molecule has 1 aromatic heterocycles. The summed E-state index contributed by atoms with van der Waals surface area (Å²) in [5, 5.41) is 1.89. The number of amides is 1. The van der Waals surface area contributed by atoms with Crippen LogP contribution in [0.3, 0.4) is 0 Å². The lowest BCUT2D eigenvalue weighted by Gasteiger charge is -2.17. The second kappa shape index (κ2) is 7.34. The molecule has 1 aliphatic carbocycles. The molecular weight excluding hydrogens is 377 g/mol. The zero-order valence-corrected chi connectivity index (χ0v) is 14.8. The molecule has 1 aliphatic rings. The maximum atomic E-state index is 12.9. The molecule has 6 nitrogen and oxygen atoms in total. The molecule has 146 valence electrons. The van der Waals surface area contributed by atoms with Gasteiger partial charge in [-0.25, -0.2) is 0 Å². The first-order chi connectivity index (χ1) is 13.3. The van der Waals surface area contributed by atoms with E-state index >= 15 is 0 Å². The van der Waals surface area contributed by atoms with Gasteiger partial charge in [0.25, 0.3) is 0 Å². The van der Waals surface area contributed by atoms with Crippen molar-refractivity contribution < 1.29 is 32.2 Å². The fourth-order valence-electron chi connectivity index (χ4n) is 2.94. The van der Waals surface area contributed by atoms with Crippen molar-refractivity contribution in [2.45, 2.75) is 12.2 Å². The number of nitrogens with one attached hydrogen (secondary N) is 1. The van der Waals surface area contributed by atoms with Gasteiger partial charge in [-0.05, 0) is 35.4 Å². The van der Waals surface area contributed by atoms with Crippen molar-refractivity contribution in [1.82, 2.24) is 10.3 Å². The first-order valence-electron chi connectivity index (χ1n) is 8.06. The third-order valence-corrected chi connectivity index (χ3v) is 4.22. The third kappa shape index (κ3) is 3.55. The summed E-state index contributed by atoms with van der Waals surface area (Å²) in [5.74, 6) is -2.20. The number of rotatable bonds is 4. The van der Waals surface area contributed by atoms with Gasteiger partial charge in [-0.1, -0.05) is 6.07 Å². The van der Waals surface area contributed by atoms with Crippen molar-refractivity contribution in [2.75, 3.05) is 14.2 Å². The first kappa shape index (κ1) is 19.4. The lowest BCUT2D eigenvalue weighted by atomic mass is 10.0. The third-order valence-electron chi connectivity index (χ3n) is 4.22. The number of hydrogen-bond acceptors (Lipinski definition) is 5. The van der Waals surface area contributed by atoms with E-state index in [1.807, 2.05) is 5.32 Å². The Balaban J connectivity index is 2.14. The molecular formula is C19H15F3N2O4. The van der Waals surface area contributed by atoms with E-state index in [-0.39, 0.29) is 28.2 Å². The molecule has 1 atom stereocenters. The lowest BCUT2D eigenvalue weighted by Crippen LogP contribution is -2.39. The minimum atomic E-state index is -5.10. The van der Waals surface area contributed by atoms with E-state index in [2.05, 4.69) is 4.98 Å². The standard InChI is InChI=1S/C19H15F3N2O4/c1-27-14-7-11-12(8-15(14)28-2)17(25)13(6-10-4-3-5-23-9-10)16(11)24-18(26)19(20,21)22/h3-9,16H,1-2H3,(H,24,26)/b13-6+. The number of alkyl halides is 3. The van der Waals surface area contributed by atoms with Crippen molar-refractivity contribution in [3.8, 4) is 11.5 Å². The molecule has 3 rings (SSSR count). The van der Waals surface area contributed by atoms with E-state index in [9.17, 15) is 22.8 Å². The van der Waals surface area contributed by atoms with E-state index in [1.54, 1.807) is 12.1 Å². The molecule has 28 heavy (non-hydrogen) atoms. The monoisotopic (exact) mass is 392 g/mol. The van der Waals surface area contributed by atoms with Crippen LogP contribution in [0.4, 0.5) is 13.2 Å². The fraction of sp³-hybridized carbons (Fsp3) is 0.211. The van der Waals surface area contributed by atoms with Gasteiger partial charge in [-0.2, -0.15) is 13.2 Å². The first-order valence-corrected chi connectivity index (χ1v) is 8.06. The number of methoxy groups -OCH3 is 2. The summed E-state index contributed by atoms with van der Waals surface area (Å²) in [7, 11) is 2.73. The molecule has 1 unspecified atom stereocenters. The van der Waals surface area contributed by atoms with Gasteiger partial charge in [0, 0.05) is 23.5 Å². The largest absolute Gasteiger partial charge is 0.493 e. The summed E-state index contributed by atoms with van der Waals surface area (Å²) in [6.45, 7) is 0. The number of aromatic nitrogens is 1. The average molecular weight is 392 g/mol. The summed E-state index contributed by atoms with van der Waals surface area (Å²) in [6, 6.07) is 4.73. The number of carbonyl (C=O) groups excluding carboxylic acids is 2. The highest BCUT2D eigenvalue weighted by Gasteiger charge is 2.44. The van der Waals surface area contributed by atoms with Crippen LogP contribution in [-0.2, 0) is 4.79 Å². The van der Waals surface area contributed by atoms with Gasteiger partial charge in [0.2, 0.25) is 0 Å². The second-order valence-electron chi connectivity index (χ2n) is 5.91. The number of fused-ring (bicyclic) bond motifs is 1. The number of nitrogens with zero attached hydrogens (tertiary/aromatic N) is 1. The van der Waals surface area contributed by atoms with Crippen LogP contribution >= 0.6 is 0 Å². The van der Waals surface area contributed by atoms with Gasteiger partial charge in [0.15, 0.2) is 17.3 Å². The Hall–Kier alpha value is -3.36. The maximum absolute atomic E-state index is 12.9. The van der Waals surface area contributed by atoms with Crippen LogP contribution in [0, 0.1) is 0 Å². The molecule has 0 fully saturated rings. The van der Waals surface area contributed by atoms with Crippen molar-refractivity contribution in [1.29, 1.82) is 0 Å². The molecule has 1 heterocycles. The number of carbonyl (C=O) groups is 2. The van der Waals surface area contributed by atoms with Crippen molar-refractivity contribution in [3.63, 3.8) is 0 Å². The number of pyridine rings is 1. The molecule has 0 aliphatic heterocycles. The van der Waals surface area contributed by atoms with Gasteiger partial charge >= 0.3 is 12.1 Å². The second-order valence-corrected chi connectivity index (χ2v) is 5.91. The maximum Gasteiger partial charge on any atom is 0.471 e. The molecule has 1 amide bonds. The van der Waals surface area contributed by atoms with Crippen LogP contribution in [0.15, 0.2) is 42.2 Å². The number of benzene rings is 1. The molecule has 0 radical (unpaired) electrons. The van der Waals surface area contributed by atoms with Crippen LogP contribution < -0.4 is 14.8 Å². The Bertz CT molecular complexity index is 956. The zero-order valence-electron chi connectivity index (χ0n) is 14.8. The number of ketones is 1. The Morgan fingerprint density at radius 3 is 2.46 bits per heavy atom. The van der Waals surface area contributed by atoms with Crippen LogP contribution in [0.1, 0.15) is 27.5 Å². The lowest BCUT2D eigenvalue weighted by molar-refractivity contribution is -0.174. The number of hydrogen-bond donors (Lipinski definition) is 1. The number of Topliss-reactive ketones (excluding diaryl/α,β-unsaturated/α-hetero) is 1. The smallest absolute Gasteiger partial charge is 0.471 e. The Labute approximate surface area is 158 Å². The van der Waals surface area contributed by atoms with Gasteiger partial charge in [0.05, 0.1) is 20.3 Å². The minimum Gasteiger partial charge on any atom is -0.493 e. The normalized spacial score (nSPS) is 17.4. The molecule has 0 saturated heterocycles. The molecule has 1 N–H and O–H groups in total. The predicted octanol–water partition coefficient (Wildman–Crippen LogP) is 3.10. The van der Waals surface area contributed by atoms with E-state index in [0.717, 1.165) is 0 Å². The van der Waals surface area contributed by atoms with Crippen LogP contribution in [0.25, 0.3) is 6.08 Å². The highest BCUT2D eigenvalue weighted by molar-refractivity contribution is 6.17. The predicted molar refractivity (Wildman–Crippen MR) is 93.0 cm³/mol. The summed E-state index contributed by atoms with van der Waals surface area (Å²) < 4.78 is 48.8. The minimum absolute atomic E-state index is 0.0177. The highest BCUT2D eigenvalue weighted by atomic mass is 19.4. The highest BCUT2D eigenvalue weighted by Crippen LogP contribution is 2.43. The van der Waals surface area contributed by atoms with E-state index in [0.29, 0.717) is 5.56 Å². The Morgan fingerprint density at radius 1 is 1.21 bits per heavy atom. The van der Waals surface area contributed by atoms with Gasteiger partial charge in [0.1, 0.15) is 0 Å². The summed E-state index contributed by atoms with van der Waals surface area (Å²) in [6.07, 6.45) is -0.726. The quantitative estimate of drug-likeness (QED) is 0.810. The molecule has 1 aromatic carbocycles.